The van der Waals surface area contributed by atoms with E-state index in [0.717, 1.165) is 19.3 Å². The minimum atomic E-state index is -2.91. The summed E-state index contributed by atoms with van der Waals surface area (Å²) in [6.07, 6.45) is 4.17. The number of carbonyl (C=O) groups excluding carboxylic acids is 1. The Hall–Kier alpha value is -1.36. The monoisotopic (exact) mass is 323 g/mol. The molecule has 0 saturated carbocycles. The Balaban J connectivity index is 1.76. The summed E-state index contributed by atoms with van der Waals surface area (Å²) in [5.41, 5.74) is 2.41. The Morgan fingerprint density at radius 1 is 1.18 bits per heavy atom. The minimum absolute atomic E-state index is 0.179. The van der Waals surface area contributed by atoms with E-state index in [1.807, 2.05) is 4.90 Å². The quantitative estimate of drug-likeness (QED) is 0.835. The fourth-order valence-electron chi connectivity index (χ4n) is 2.94. The maximum atomic E-state index is 12.2. The van der Waals surface area contributed by atoms with E-state index >= 15 is 0 Å². The van der Waals surface area contributed by atoms with Gasteiger partial charge in [-0.3, -0.25) is 4.79 Å². The van der Waals surface area contributed by atoms with Crippen LogP contribution in [-0.2, 0) is 21.1 Å². The average Bonchev–Trinajstić information content (AvgIpc) is 2.45. The van der Waals surface area contributed by atoms with Gasteiger partial charge >= 0.3 is 0 Å². The highest BCUT2D eigenvalue weighted by atomic mass is 32.2. The standard InChI is InChI=1S/C17H25NO3S/c1-14-3-5-15(6-4-14)7-8-17(19)18-11-9-16(10-12-18)13-22(2,20)21/h3-6,16H,7-13H2,1-2H3. The molecular formula is C17H25NO3S. The van der Waals surface area contributed by atoms with Gasteiger partial charge < -0.3 is 4.90 Å². The number of benzene rings is 1. The summed E-state index contributed by atoms with van der Waals surface area (Å²) in [7, 11) is -2.91. The Labute approximate surface area is 133 Å². The molecular weight excluding hydrogens is 298 g/mol. The van der Waals surface area contributed by atoms with E-state index in [4.69, 9.17) is 0 Å². The van der Waals surface area contributed by atoms with E-state index in [1.165, 1.54) is 17.4 Å². The number of nitrogens with zero attached hydrogens (tertiary/aromatic N) is 1. The number of hydrogen-bond donors (Lipinski definition) is 0. The second-order valence-corrected chi connectivity index (χ2v) is 8.59. The molecule has 1 aromatic rings. The molecule has 4 nitrogen and oxygen atoms in total. The fourth-order valence-corrected chi connectivity index (χ4v) is 4.13. The van der Waals surface area contributed by atoms with Gasteiger partial charge in [-0.1, -0.05) is 29.8 Å². The van der Waals surface area contributed by atoms with Gasteiger partial charge in [0, 0.05) is 25.8 Å². The molecule has 0 aliphatic carbocycles. The van der Waals surface area contributed by atoms with E-state index in [-0.39, 0.29) is 17.6 Å². The van der Waals surface area contributed by atoms with Gasteiger partial charge in [-0.05, 0) is 37.7 Å². The molecule has 1 amide bonds. The van der Waals surface area contributed by atoms with Gasteiger partial charge in [0.15, 0.2) is 0 Å². The molecule has 122 valence electrons. The molecule has 0 radical (unpaired) electrons. The van der Waals surface area contributed by atoms with Gasteiger partial charge in [0.25, 0.3) is 0 Å². The highest BCUT2D eigenvalue weighted by Crippen LogP contribution is 2.19. The Kier molecular flexibility index (Phi) is 5.62. The minimum Gasteiger partial charge on any atom is -0.343 e. The Bertz CT molecular complexity index is 599. The number of likely N-dealkylation sites (tertiary alicyclic amines) is 1. The number of piperidine rings is 1. The summed E-state index contributed by atoms with van der Waals surface area (Å²) >= 11 is 0. The molecule has 0 atom stereocenters. The first-order chi connectivity index (χ1) is 10.3. The van der Waals surface area contributed by atoms with E-state index in [1.54, 1.807) is 0 Å². The first kappa shape index (κ1) is 17.0. The molecule has 0 unspecified atom stereocenters. The SMILES string of the molecule is Cc1ccc(CCC(=O)N2CCC(CS(C)(=O)=O)CC2)cc1. The van der Waals surface area contributed by atoms with E-state index in [9.17, 15) is 13.2 Å². The van der Waals surface area contributed by atoms with Crippen LogP contribution in [0, 0.1) is 12.8 Å². The van der Waals surface area contributed by atoms with Gasteiger partial charge in [0.2, 0.25) is 5.91 Å². The van der Waals surface area contributed by atoms with Crippen molar-refractivity contribution in [3.05, 3.63) is 35.4 Å². The molecule has 0 spiro atoms. The molecule has 1 aliphatic rings. The summed E-state index contributed by atoms with van der Waals surface area (Å²) in [6, 6.07) is 8.27. The molecule has 22 heavy (non-hydrogen) atoms. The third-order valence-electron chi connectivity index (χ3n) is 4.25. The van der Waals surface area contributed by atoms with Crippen LogP contribution in [0.25, 0.3) is 0 Å². The predicted octanol–water partition coefficient (Wildman–Crippen LogP) is 2.21. The van der Waals surface area contributed by atoms with Crippen molar-refractivity contribution in [2.75, 3.05) is 25.1 Å². The number of carbonyl (C=O) groups is 1. The lowest BCUT2D eigenvalue weighted by molar-refractivity contribution is -0.132. The van der Waals surface area contributed by atoms with Crippen molar-refractivity contribution in [1.29, 1.82) is 0 Å². The molecule has 1 aliphatic heterocycles. The summed E-state index contributed by atoms with van der Waals surface area (Å²) in [4.78, 5) is 14.1. The molecule has 5 heteroatoms. The number of rotatable bonds is 5. The summed E-state index contributed by atoms with van der Waals surface area (Å²) in [5.74, 6) is 0.632. The van der Waals surface area contributed by atoms with Crippen molar-refractivity contribution >= 4 is 15.7 Å². The second kappa shape index (κ2) is 7.27. The van der Waals surface area contributed by atoms with Crippen LogP contribution in [0.4, 0.5) is 0 Å². The van der Waals surface area contributed by atoms with E-state index in [2.05, 4.69) is 31.2 Å². The fraction of sp³-hybridized carbons (Fsp3) is 0.588. The average molecular weight is 323 g/mol. The van der Waals surface area contributed by atoms with Gasteiger partial charge in [-0.2, -0.15) is 0 Å². The first-order valence-corrected chi connectivity index (χ1v) is 9.90. The van der Waals surface area contributed by atoms with Gasteiger partial charge in [-0.15, -0.1) is 0 Å². The van der Waals surface area contributed by atoms with Gasteiger partial charge in [0.1, 0.15) is 9.84 Å². The Morgan fingerprint density at radius 2 is 1.77 bits per heavy atom. The largest absolute Gasteiger partial charge is 0.343 e. The highest BCUT2D eigenvalue weighted by molar-refractivity contribution is 7.90. The maximum absolute atomic E-state index is 12.2. The van der Waals surface area contributed by atoms with Crippen molar-refractivity contribution in [2.24, 2.45) is 5.92 Å². The molecule has 2 rings (SSSR count). The lowest BCUT2D eigenvalue weighted by atomic mass is 9.98. The van der Waals surface area contributed by atoms with Crippen LogP contribution in [0.5, 0.6) is 0 Å². The molecule has 1 saturated heterocycles. The van der Waals surface area contributed by atoms with Gasteiger partial charge in [-0.25, -0.2) is 8.42 Å². The van der Waals surface area contributed by atoms with Crippen LogP contribution in [-0.4, -0.2) is 44.3 Å². The number of hydrogen-bond acceptors (Lipinski definition) is 3. The zero-order chi connectivity index (χ0) is 16.2. The van der Waals surface area contributed by atoms with Crippen molar-refractivity contribution in [2.45, 2.75) is 32.6 Å². The van der Waals surface area contributed by atoms with Crippen LogP contribution >= 0.6 is 0 Å². The predicted molar refractivity (Wildman–Crippen MR) is 88.5 cm³/mol. The molecule has 0 aromatic heterocycles. The third-order valence-corrected chi connectivity index (χ3v) is 5.33. The highest BCUT2D eigenvalue weighted by Gasteiger charge is 2.24. The second-order valence-electron chi connectivity index (χ2n) is 6.40. The zero-order valence-electron chi connectivity index (χ0n) is 13.4. The molecule has 1 aromatic carbocycles. The van der Waals surface area contributed by atoms with Gasteiger partial charge in [0.05, 0.1) is 5.75 Å². The summed E-state index contributed by atoms with van der Waals surface area (Å²) in [5, 5.41) is 0. The van der Waals surface area contributed by atoms with Crippen LogP contribution in [0.2, 0.25) is 0 Å². The van der Waals surface area contributed by atoms with E-state index in [0.29, 0.717) is 19.5 Å². The maximum Gasteiger partial charge on any atom is 0.222 e. The van der Waals surface area contributed by atoms with Crippen molar-refractivity contribution in [3.8, 4) is 0 Å². The van der Waals surface area contributed by atoms with Crippen molar-refractivity contribution in [3.63, 3.8) is 0 Å². The number of aryl methyl sites for hydroxylation is 2. The normalized spacial score (nSPS) is 16.7. The van der Waals surface area contributed by atoms with Crippen LogP contribution in [0.15, 0.2) is 24.3 Å². The molecule has 1 fully saturated rings. The third kappa shape index (κ3) is 5.44. The first-order valence-electron chi connectivity index (χ1n) is 7.84. The number of sulfone groups is 1. The molecule has 0 N–H and O–H groups in total. The Morgan fingerprint density at radius 3 is 2.32 bits per heavy atom. The summed E-state index contributed by atoms with van der Waals surface area (Å²) in [6.45, 7) is 3.43. The topological polar surface area (TPSA) is 54.5 Å². The van der Waals surface area contributed by atoms with Crippen molar-refractivity contribution < 1.29 is 13.2 Å². The smallest absolute Gasteiger partial charge is 0.222 e. The van der Waals surface area contributed by atoms with Crippen LogP contribution in [0.1, 0.15) is 30.4 Å². The van der Waals surface area contributed by atoms with Crippen molar-refractivity contribution in [1.82, 2.24) is 4.90 Å². The molecule has 1 heterocycles. The van der Waals surface area contributed by atoms with E-state index < -0.39 is 9.84 Å². The molecule has 0 bridgehead atoms. The van der Waals surface area contributed by atoms with Crippen LogP contribution in [0.3, 0.4) is 0 Å². The van der Waals surface area contributed by atoms with Crippen LogP contribution < -0.4 is 0 Å². The number of amides is 1. The summed E-state index contributed by atoms with van der Waals surface area (Å²) < 4.78 is 22.6. The lowest BCUT2D eigenvalue weighted by Crippen LogP contribution is -2.39. The zero-order valence-corrected chi connectivity index (χ0v) is 14.2. The lowest BCUT2D eigenvalue weighted by Gasteiger charge is -2.31.